The van der Waals surface area contributed by atoms with Gasteiger partial charge in [0, 0.05) is 57.5 Å². The van der Waals surface area contributed by atoms with Gasteiger partial charge in [0.25, 0.3) is 0 Å². The van der Waals surface area contributed by atoms with E-state index in [-0.39, 0.29) is 44.6 Å². The molecule has 3 N–H and O–H groups in total. The van der Waals surface area contributed by atoms with Gasteiger partial charge in [-0.3, -0.25) is 19.4 Å². The molecule has 5 rings (SSSR count). The van der Waals surface area contributed by atoms with Crippen molar-refractivity contribution in [3.8, 4) is 0 Å². The van der Waals surface area contributed by atoms with Gasteiger partial charge in [0.1, 0.15) is 36.3 Å². The van der Waals surface area contributed by atoms with E-state index >= 15 is 0 Å². The number of aromatic nitrogens is 1. The average molecular weight is 986 g/mol. The maximum absolute atomic E-state index is 13.8. The van der Waals surface area contributed by atoms with Crippen LogP contribution in [0.1, 0.15) is 92.1 Å². The van der Waals surface area contributed by atoms with Crippen LogP contribution in [0.3, 0.4) is 0 Å². The van der Waals surface area contributed by atoms with Gasteiger partial charge in [0.05, 0.1) is 49.0 Å². The van der Waals surface area contributed by atoms with E-state index in [1.54, 1.807) is 59.8 Å². The largest absolute Gasteiger partial charge is 0.466 e. The average Bonchev–Trinajstić information content (AvgIpc) is 3.30. The summed E-state index contributed by atoms with van der Waals surface area (Å²) in [7, 11) is 6.83. The Morgan fingerprint density at radius 3 is 2.39 bits per heavy atom. The van der Waals surface area contributed by atoms with E-state index < -0.39 is 115 Å². The fourth-order valence-electron chi connectivity index (χ4n) is 10.1. The Labute approximate surface area is 413 Å². The molecule has 0 radical (unpaired) electrons. The lowest BCUT2D eigenvalue weighted by Gasteiger charge is -2.50. The van der Waals surface area contributed by atoms with Crippen LogP contribution in [0.15, 0.2) is 48.7 Å². The lowest BCUT2D eigenvalue weighted by Crippen LogP contribution is -2.66. The number of ether oxygens (including phenoxy) is 8. The summed E-state index contributed by atoms with van der Waals surface area (Å²) < 4.78 is 49.3. The van der Waals surface area contributed by atoms with Crippen molar-refractivity contribution in [2.24, 2.45) is 17.8 Å². The monoisotopic (exact) mass is 986 g/mol. The Bertz CT molecular complexity index is 2020. The van der Waals surface area contributed by atoms with Gasteiger partial charge in [0.15, 0.2) is 18.7 Å². The molecule has 16 atom stereocenters. The van der Waals surface area contributed by atoms with Gasteiger partial charge in [0.2, 0.25) is 0 Å². The van der Waals surface area contributed by atoms with Crippen LogP contribution >= 0.6 is 0 Å². The SMILES string of the molecule is CCC(=O)O[C@@H]1CC(=O)OCCC(C=CCc2ccc3ncccc3c2)CN(C)C[C@H](O)[C@H](C)C[C@H](CC=O)[C@H](O[C@@H]2OC(C)[C@@H](O[C@H]3CC(C)(O)[C@@H](OC(=O)CC)C(C)O3)C(N(C)C)C2O)[C@H]1OC. The molecule has 6 unspecified atom stereocenters. The second-order valence-electron chi connectivity index (χ2n) is 19.8. The number of carbonyl (C=O) groups is 4. The Morgan fingerprint density at radius 2 is 1.71 bits per heavy atom. The number of pyridine rings is 1. The maximum Gasteiger partial charge on any atom is 0.309 e. The van der Waals surface area contributed by atoms with Crippen molar-refractivity contribution in [1.29, 1.82) is 0 Å². The zero-order chi connectivity index (χ0) is 51.3. The van der Waals surface area contributed by atoms with Crippen molar-refractivity contribution in [3.05, 3.63) is 54.2 Å². The molecule has 4 heterocycles. The first-order valence-corrected chi connectivity index (χ1v) is 24.8. The van der Waals surface area contributed by atoms with Crippen LogP contribution in [0.4, 0.5) is 0 Å². The predicted octanol–water partition coefficient (Wildman–Crippen LogP) is 4.16. The van der Waals surface area contributed by atoms with E-state index in [2.05, 4.69) is 29.3 Å². The van der Waals surface area contributed by atoms with Gasteiger partial charge in [-0.1, -0.05) is 45.1 Å². The topological polar surface area (TPSA) is 222 Å². The molecule has 3 saturated heterocycles. The normalized spacial score (nSPS) is 35.6. The number of aliphatic hydroxyl groups is 3. The minimum Gasteiger partial charge on any atom is -0.466 e. The third kappa shape index (κ3) is 15.5. The highest BCUT2D eigenvalue weighted by atomic mass is 16.7. The maximum atomic E-state index is 13.8. The molecule has 3 aliphatic heterocycles. The number of benzene rings is 1. The zero-order valence-corrected chi connectivity index (χ0v) is 42.7. The summed E-state index contributed by atoms with van der Waals surface area (Å²) in [6.45, 7) is 11.1. The third-order valence-corrected chi connectivity index (χ3v) is 13.8. The molecule has 0 spiro atoms. The number of aldehydes is 1. The van der Waals surface area contributed by atoms with Crippen LogP contribution in [0.25, 0.3) is 10.9 Å². The minimum atomic E-state index is -1.50. The number of aliphatic hydroxyl groups excluding tert-OH is 2. The summed E-state index contributed by atoms with van der Waals surface area (Å²) in [5.74, 6) is -2.87. The van der Waals surface area contributed by atoms with Crippen molar-refractivity contribution in [2.75, 3.05) is 47.9 Å². The van der Waals surface area contributed by atoms with Gasteiger partial charge in [-0.2, -0.15) is 0 Å². The third-order valence-electron chi connectivity index (χ3n) is 13.8. The summed E-state index contributed by atoms with van der Waals surface area (Å²) in [6.07, 6.45) is -3.79. The van der Waals surface area contributed by atoms with Crippen molar-refractivity contribution in [2.45, 2.75) is 172 Å². The van der Waals surface area contributed by atoms with Crippen LogP contribution in [0.5, 0.6) is 0 Å². The smallest absolute Gasteiger partial charge is 0.309 e. The van der Waals surface area contributed by atoms with Gasteiger partial charge in [-0.05, 0) is 103 Å². The Morgan fingerprint density at radius 1 is 0.986 bits per heavy atom. The molecule has 0 saturated carbocycles. The van der Waals surface area contributed by atoms with Gasteiger partial charge < -0.3 is 67.8 Å². The Balaban J connectivity index is 1.40. The standard InChI is InChI=1S/C52H79N3O15/c1-11-41(58)67-40-27-43(60)64-24-21-35(16-13-15-34-18-19-38-36(26-34)17-14-22-53-38)29-55(9)30-39(57)31(3)25-37(20-23-56)48(49(40)63-10)70-51-46(61)45(54(7)8)47(32(4)66-51)69-44-28-52(6,62)50(33(5)65-44)68-42(59)12-2/h13-14,16-19,22-23,26,31-33,35,37,39-40,44-51,57,61-62H,11-12,15,20-21,24-25,27-30H2,1-10H3/t31-,32?,33?,35?,37+,39+,40-,44+,45?,46?,47-,48+,49+,50+,51+,52?/m1/s1. The number of hydrogen-bond donors (Lipinski definition) is 3. The number of nitrogens with zero attached hydrogens (tertiary/aromatic N) is 3. The zero-order valence-electron chi connectivity index (χ0n) is 42.7. The predicted molar refractivity (Wildman–Crippen MR) is 258 cm³/mol. The molecule has 1 aromatic heterocycles. The number of likely N-dealkylation sites (N-methyl/N-ethyl adjacent to an activating group) is 2. The molecule has 3 fully saturated rings. The number of carbonyl (C=O) groups excluding carboxylic acids is 4. The summed E-state index contributed by atoms with van der Waals surface area (Å²) in [4.78, 5) is 59.9. The summed E-state index contributed by atoms with van der Waals surface area (Å²) in [5, 5.41) is 36.5. The molecule has 0 amide bonds. The van der Waals surface area contributed by atoms with E-state index in [0.29, 0.717) is 25.9 Å². The van der Waals surface area contributed by atoms with E-state index in [9.17, 15) is 34.5 Å². The van der Waals surface area contributed by atoms with Crippen molar-refractivity contribution < 1.29 is 72.4 Å². The number of hydrogen-bond acceptors (Lipinski definition) is 18. The number of β-amino-alcohol motifs (C(OH)–C–C–N with tert-alkyl or cyclic N) is 1. The van der Waals surface area contributed by atoms with E-state index in [4.69, 9.17) is 37.9 Å². The number of fused-ring (bicyclic) bond motifs is 1. The number of methoxy groups -OCH3 is 1. The number of allylic oxidation sites excluding steroid dienone is 1. The summed E-state index contributed by atoms with van der Waals surface area (Å²) in [5.41, 5.74) is 0.546. The second kappa shape index (κ2) is 26.7. The Kier molecular flexibility index (Phi) is 21.7. The molecule has 18 nitrogen and oxygen atoms in total. The van der Waals surface area contributed by atoms with Gasteiger partial charge in [-0.25, -0.2) is 0 Å². The summed E-state index contributed by atoms with van der Waals surface area (Å²) >= 11 is 0. The van der Waals surface area contributed by atoms with Crippen molar-refractivity contribution in [3.63, 3.8) is 0 Å². The van der Waals surface area contributed by atoms with E-state index in [1.165, 1.54) is 7.11 Å². The van der Waals surface area contributed by atoms with E-state index in [1.807, 2.05) is 37.1 Å². The summed E-state index contributed by atoms with van der Waals surface area (Å²) in [6, 6.07) is 9.32. The highest BCUT2D eigenvalue weighted by molar-refractivity contribution is 5.79. The molecule has 0 aliphatic carbocycles. The molecule has 18 heteroatoms. The lowest BCUT2D eigenvalue weighted by atomic mass is 9.82. The highest BCUT2D eigenvalue weighted by Gasteiger charge is 2.53. The quantitative estimate of drug-likeness (QED) is 0.0987. The number of rotatable bonds is 15. The van der Waals surface area contributed by atoms with Crippen molar-refractivity contribution in [1.82, 2.24) is 14.8 Å². The minimum absolute atomic E-state index is 0.0105. The lowest BCUT2D eigenvalue weighted by molar-refractivity contribution is -0.344. The molecular formula is C52H79N3O15. The highest BCUT2D eigenvalue weighted by Crippen LogP contribution is 2.38. The number of cyclic esters (lactones) is 1. The molecule has 392 valence electrons. The van der Waals surface area contributed by atoms with Crippen LogP contribution in [0, 0.1) is 17.8 Å². The van der Waals surface area contributed by atoms with E-state index in [0.717, 1.165) is 22.8 Å². The van der Waals surface area contributed by atoms with Crippen molar-refractivity contribution >= 4 is 35.1 Å². The van der Waals surface area contributed by atoms with Gasteiger partial charge in [-0.15, -0.1) is 0 Å². The Hall–Kier alpha value is -3.95. The van der Waals surface area contributed by atoms with Crippen LogP contribution in [-0.2, 0) is 63.5 Å². The number of esters is 3. The fourth-order valence-corrected chi connectivity index (χ4v) is 10.1. The molecule has 1 aromatic carbocycles. The molecule has 3 aliphatic rings. The van der Waals surface area contributed by atoms with Crippen LogP contribution in [0.2, 0.25) is 0 Å². The van der Waals surface area contributed by atoms with Crippen LogP contribution < -0.4 is 0 Å². The first-order chi connectivity index (χ1) is 33.3. The molecular weight excluding hydrogens is 907 g/mol. The molecule has 0 bridgehead atoms. The molecule has 70 heavy (non-hydrogen) atoms. The second-order valence-corrected chi connectivity index (χ2v) is 19.8. The molecule has 2 aromatic rings. The van der Waals surface area contributed by atoms with Crippen LogP contribution in [-0.4, -0.2) is 181 Å². The first kappa shape index (κ1) is 57.0. The van der Waals surface area contributed by atoms with Gasteiger partial charge >= 0.3 is 17.9 Å². The first-order valence-electron chi connectivity index (χ1n) is 24.8. The fraction of sp³-hybridized carbons (Fsp3) is 0.712.